The molecule has 1 aliphatic rings. The lowest BCUT2D eigenvalue weighted by Gasteiger charge is -2.31. The van der Waals surface area contributed by atoms with Crippen molar-refractivity contribution in [3.05, 3.63) is 35.5 Å². The van der Waals surface area contributed by atoms with E-state index >= 15 is 0 Å². The van der Waals surface area contributed by atoms with Crippen LogP contribution in [0.15, 0.2) is 24.3 Å². The van der Waals surface area contributed by atoms with E-state index in [4.69, 9.17) is 4.98 Å². The van der Waals surface area contributed by atoms with Crippen LogP contribution in [0.25, 0.3) is 10.9 Å². The Morgan fingerprint density at radius 1 is 1.25 bits per heavy atom. The lowest BCUT2D eigenvalue weighted by atomic mass is 10.1. The molecule has 0 amide bonds. The van der Waals surface area contributed by atoms with E-state index in [0.717, 1.165) is 39.0 Å². The van der Waals surface area contributed by atoms with Crippen molar-refractivity contribution in [1.82, 2.24) is 10.3 Å². The number of pyridine rings is 1. The van der Waals surface area contributed by atoms with Crippen LogP contribution < -0.4 is 10.2 Å². The molecule has 0 aliphatic carbocycles. The largest absolute Gasteiger partial charge is 0.368 e. The Kier molecular flexibility index (Phi) is 3.88. The molecule has 1 aliphatic heterocycles. The number of nitrogens with zero attached hydrogens (tertiary/aromatic N) is 2. The fourth-order valence-electron chi connectivity index (χ4n) is 2.98. The first-order valence-corrected chi connectivity index (χ1v) is 7.64. The maximum absolute atomic E-state index is 4.88. The number of hydrogen-bond donors (Lipinski definition) is 1. The Bertz CT molecular complexity index is 600. The van der Waals surface area contributed by atoms with E-state index in [0.29, 0.717) is 0 Å². The van der Waals surface area contributed by atoms with Gasteiger partial charge in [-0.05, 0) is 25.0 Å². The quantitative estimate of drug-likeness (QED) is 0.928. The van der Waals surface area contributed by atoms with Crippen molar-refractivity contribution in [2.45, 2.75) is 26.7 Å². The van der Waals surface area contributed by atoms with E-state index in [1.54, 1.807) is 0 Å². The van der Waals surface area contributed by atoms with Gasteiger partial charge in [0.15, 0.2) is 0 Å². The summed E-state index contributed by atoms with van der Waals surface area (Å²) in [5.74, 6) is 0. The number of piperazine rings is 1. The standard InChI is InChI=1S/C17H23N3/c1-3-5-14-12-16(20-10-8-18-9-11-20)15-7-4-6-13(2)17(15)19-14/h4,6-7,12,18H,3,5,8-11H2,1-2H3. The molecule has 106 valence electrons. The molecule has 1 N–H and O–H groups in total. The first-order valence-electron chi connectivity index (χ1n) is 7.64. The summed E-state index contributed by atoms with van der Waals surface area (Å²) in [4.78, 5) is 7.38. The van der Waals surface area contributed by atoms with Crippen molar-refractivity contribution in [2.24, 2.45) is 0 Å². The van der Waals surface area contributed by atoms with Crippen molar-refractivity contribution in [2.75, 3.05) is 31.1 Å². The zero-order valence-electron chi connectivity index (χ0n) is 12.4. The van der Waals surface area contributed by atoms with E-state index in [9.17, 15) is 0 Å². The molecule has 1 fully saturated rings. The summed E-state index contributed by atoms with van der Waals surface area (Å²) in [6, 6.07) is 8.82. The molecular weight excluding hydrogens is 246 g/mol. The van der Waals surface area contributed by atoms with Crippen LogP contribution in [-0.2, 0) is 6.42 Å². The SMILES string of the molecule is CCCc1cc(N2CCNCC2)c2cccc(C)c2n1. The van der Waals surface area contributed by atoms with Gasteiger partial charge in [-0.25, -0.2) is 0 Å². The van der Waals surface area contributed by atoms with E-state index in [1.807, 2.05) is 0 Å². The van der Waals surface area contributed by atoms with Gasteiger partial charge in [0.1, 0.15) is 0 Å². The van der Waals surface area contributed by atoms with Gasteiger partial charge in [-0.3, -0.25) is 4.98 Å². The highest BCUT2D eigenvalue weighted by molar-refractivity contribution is 5.93. The molecule has 0 atom stereocenters. The number of hydrogen-bond acceptors (Lipinski definition) is 3. The normalized spacial score (nSPS) is 15.8. The minimum absolute atomic E-state index is 1.06. The van der Waals surface area contributed by atoms with Crippen LogP contribution in [0.2, 0.25) is 0 Å². The fourth-order valence-corrected chi connectivity index (χ4v) is 2.98. The average molecular weight is 269 g/mol. The van der Waals surface area contributed by atoms with Crippen molar-refractivity contribution >= 4 is 16.6 Å². The Balaban J connectivity index is 2.14. The van der Waals surface area contributed by atoms with Crippen molar-refractivity contribution in [3.8, 4) is 0 Å². The highest BCUT2D eigenvalue weighted by Gasteiger charge is 2.15. The molecule has 0 radical (unpaired) electrons. The zero-order chi connectivity index (χ0) is 13.9. The second-order valence-electron chi connectivity index (χ2n) is 5.59. The van der Waals surface area contributed by atoms with Crippen molar-refractivity contribution in [3.63, 3.8) is 0 Å². The second kappa shape index (κ2) is 5.80. The maximum Gasteiger partial charge on any atom is 0.0755 e. The van der Waals surface area contributed by atoms with Gasteiger partial charge >= 0.3 is 0 Å². The van der Waals surface area contributed by atoms with Crippen LogP contribution in [0.5, 0.6) is 0 Å². The van der Waals surface area contributed by atoms with Gasteiger partial charge in [-0.2, -0.15) is 0 Å². The van der Waals surface area contributed by atoms with Gasteiger partial charge in [0.05, 0.1) is 5.52 Å². The predicted molar refractivity (Wildman–Crippen MR) is 85.6 cm³/mol. The number of anilines is 1. The Hall–Kier alpha value is -1.61. The summed E-state index contributed by atoms with van der Waals surface area (Å²) in [6.45, 7) is 8.68. The van der Waals surface area contributed by atoms with Crippen LogP contribution >= 0.6 is 0 Å². The van der Waals surface area contributed by atoms with E-state index < -0.39 is 0 Å². The van der Waals surface area contributed by atoms with E-state index in [1.165, 1.54) is 27.8 Å². The molecule has 1 saturated heterocycles. The van der Waals surface area contributed by atoms with Crippen LogP contribution in [0, 0.1) is 6.92 Å². The third-order valence-corrected chi connectivity index (χ3v) is 4.04. The summed E-state index contributed by atoms with van der Waals surface area (Å²) in [7, 11) is 0. The minimum atomic E-state index is 1.06. The Morgan fingerprint density at radius 3 is 2.80 bits per heavy atom. The number of para-hydroxylation sites is 1. The van der Waals surface area contributed by atoms with Crippen molar-refractivity contribution in [1.29, 1.82) is 0 Å². The fraction of sp³-hybridized carbons (Fsp3) is 0.471. The molecule has 1 aromatic heterocycles. The molecule has 0 saturated carbocycles. The molecule has 0 unspecified atom stereocenters. The zero-order valence-corrected chi connectivity index (χ0v) is 12.4. The number of fused-ring (bicyclic) bond motifs is 1. The third-order valence-electron chi connectivity index (χ3n) is 4.04. The summed E-state index contributed by atoms with van der Waals surface area (Å²) < 4.78 is 0. The molecule has 3 rings (SSSR count). The minimum Gasteiger partial charge on any atom is -0.368 e. The lowest BCUT2D eigenvalue weighted by Crippen LogP contribution is -2.43. The van der Waals surface area contributed by atoms with Gasteiger partial charge < -0.3 is 10.2 Å². The Labute approximate surface area is 121 Å². The van der Waals surface area contributed by atoms with Gasteiger partial charge in [0.25, 0.3) is 0 Å². The Morgan fingerprint density at radius 2 is 2.05 bits per heavy atom. The van der Waals surface area contributed by atoms with Gasteiger partial charge in [0.2, 0.25) is 0 Å². The monoisotopic (exact) mass is 269 g/mol. The van der Waals surface area contributed by atoms with Crippen LogP contribution in [0.3, 0.4) is 0 Å². The first kappa shape index (κ1) is 13.4. The third kappa shape index (κ3) is 2.50. The van der Waals surface area contributed by atoms with E-state index in [-0.39, 0.29) is 0 Å². The van der Waals surface area contributed by atoms with Crippen LogP contribution in [0.4, 0.5) is 5.69 Å². The lowest BCUT2D eigenvalue weighted by molar-refractivity contribution is 0.590. The van der Waals surface area contributed by atoms with Gasteiger partial charge in [0, 0.05) is 42.9 Å². The molecule has 1 aromatic carbocycles. The average Bonchev–Trinajstić information content (AvgIpc) is 2.49. The first-order chi connectivity index (χ1) is 9.79. The number of rotatable bonds is 3. The van der Waals surface area contributed by atoms with E-state index in [2.05, 4.69) is 48.3 Å². The molecule has 2 aromatic rings. The van der Waals surface area contributed by atoms with Gasteiger partial charge in [-0.15, -0.1) is 0 Å². The van der Waals surface area contributed by atoms with Gasteiger partial charge in [-0.1, -0.05) is 31.5 Å². The number of nitrogens with one attached hydrogen (secondary N) is 1. The molecule has 0 spiro atoms. The second-order valence-corrected chi connectivity index (χ2v) is 5.59. The summed E-state index contributed by atoms with van der Waals surface area (Å²) in [5, 5.41) is 4.72. The predicted octanol–water partition coefficient (Wildman–Crippen LogP) is 2.91. The van der Waals surface area contributed by atoms with Crippen LogP contribution in [-0.4, -0.2) is 31.2 Å². The van der Waals surface area contributed by atoms with Crippen molar-refractivity contribution < 1.29 is 0 Å². The number of benzene rings is 1. The number of aromatic nitrogens is 1. The molecule has 0 bridgehead atoms. The molecule has 3 heteroatoms. The molecular formula is C17H23N3. The summed E-state index contributed by atoms with van der Waals surface area (Å²) in [5.41, 5.74) is 5.04. The molecule has 3 nitrogen and oxygen atoms in total. The summed E-state index contributed by atoms with van der Waals surface area (Å²) >= 11 is 0. The maximum atomic E-state index is 4.88. The highest BCUT2D eigenvalue weighted by atomic mass is 15.2. The highest BCUT2D eigenvalue weighted by Crippen LogP contribution is 2.29. The molecule has 2 heterocycles. The molecule has 20 heavy (non-hydrogen) atoms. The smallest absolute Gasteiger partial charge is 0.0755 e. The topological polar surface area (TPSA) is 28.2 Å². The van der Waals surface area contributed by atoms with Crippen LogP contribution in [0.1, 0.15) is 24.6 Å². The number of aryl methyl sites for hydroxylation is 2. The summed E-state index contributed by atoms with van der Waals surface area (Å²) in [6.07, 6.45) is 2.20.